The number of aromatic carboxylic acids is 1. The van der Waals surface area contributed by atoms with Gasteiger partial charge in [-0.3, -0.25) is 5.10 Å². The van der Waals surface area contributed by atoms with Crippen molar-refractivity contribution in [3.05, 3.63) is 29.2 Å². The molecule has 0 aromatic carbocycles. The molecule has 5 heteroatoms. The molecule has 0 radical (unpaired) electrons. The monoisotopic (exact) mass is 203 g/mol. The van der Waals surface area contributed by atoms with Crippen molar-refractivity contribution >= 4 is 5.97 Å². The standard InChI is InChI=1S/C10H9N3O2/c1-13-3-2-5-7(13)4-6-8(5)11-12-9(6)10(14)15/h2-3H,4H2,1H3,(H,11,12)(H,14,15). The summed E-state index contributed by atoms with van der Waals surface area (Å²) in [6.45, 7) is 0. The number of carbonyl (C=O) groups is 1. The van der Waals surface area contributed by atoms with E-state index in [-0.39, 0.29) is 5.69 Å². The first-order valence-electron chi connectivity index (χ1n) is 4.63. The van der Waals surface area contributed by atoms with E-state index in [1.807, 2.05) is 23.9 Å². The Bertz CT molecular complexity index is 565. The fraction of sp³-hybridized carbons (Fsp3) is 0.200. The van der Waals surface area contributed by atoms with Gasteiger partial charge in [0.15, 0.2) is 0 Å². The number of rotatable bonds is 1. The van der Waals surface area contributed by atoms with Crippen LogP contribution in [0, 0.1) is 0 Å². The van der Waals surface area contributed by atoms with E-state index in [2.05, 4.69) is 10.2 Å². The minimum atomic E-state index is -0.948. The number of aryl methyl sites for hydroxylation is 1. The van der Waals surface area contributed by atoms with Gasteiger partial charge < -0.3 is 9.67 Å². The van der Waals surface area contributed by atoms with Crippen molar-refractivity contribution in [1.82, 2.24) is 14.8 Å². The lowest BCUT2D eigenvalue weighted by Crippen LogP contribution is -2.02. The number of aromatic amines is 1. The van der Waals surface area contributed by atoms with E-state index < -0.39 is 5.97 Å². The van der Waals surface area contributed by atoms with Gasteiger partial charge in [0, 0.05) is 36.5 Å². The zero-order chi connectivity index (χ0) is 10.6. The highest BCUT2D eigenvalue weighted by Crippen LogP contribution is 2.36. The van der Waals surface area contributed by atoms with Gasteiger partial charge in [-0.1, -0.05) is 0 Å². The average molecular weight is 203 g/mol. The zero-order valence-corrected chi connectivity index (χ0v) is 8.11. The van der Waals surface area contributed by atoms with Gasteiger partial charge in [0.2, 0.25) is 0 Å². The van der Waals surface area contributed by atoms with E-state index in [9.17, 15) is 4.79 Å². The van der Waals surface area contributed by atoms with Gasteiger partial charge in [-0.2, -0.15) is 5.10 Å². The predicted molar refractivity (Wildman–Crippen MR) is 52.8 cm³/mol. The molecule has 76 valence electrons. The summed E-state index contributed by atoms with van der Waals surface area (Å²) < 4.78 is 2.00. The molecule has 1 aliphatic rings. The number of hydrogen-bond donors (Lipinski definition) is 2. The molecule has 0 saturated heterocycles. The van der Waals surface area contributed by atoms with E-state index >= 15 is 0 Å². The van der Waals surface area contributed by atoms with Crippen LogP contribution in [0.3, 0.4) is 0 Å². The number of nitrogens with zero attached hydrogens (tertiary/aromatic N) is 2. The SMILES string of the molecule is Cn1ccc2c1Cc1c-2n[nH]c1C(=O)O. The molecule has 0 fully saturated rings. The van der Waals surface area contributed by atoms with Gasteiger partial charge >= 0.3 is 5.97 Å². The Hall–Kier alpha value is -2.04. The third-order valence-electron chi connectivity index (χ3n) is 2.88. The predicted octanol–water partition coefficient (Wildman–Crippen LogP) is 1.02. The Morgan fingerprint density at radius 2 is 2.47 bits per heavy atom. The van der Waals surface area contributed by atoms with Gasteiger partial charge in [-0.15, -0.1) is 0 Å². The number of H-pyrrole nitrogens is 1. The van der Waals surface area contributed by atoms with Gasteiger partial charge in [-0.25, -0.2) is 4.79 Å². The van der Waals surface area contributed by atoms with Crippen molar-refractivity contribution in [2.24, 2.45) is 7.05 Å². The van der Waals surface area contributed by atoms with E-state index in [0.29, 0.717) is 6.42 Å². The zero-order valence-electron chi connectivity index (χ0n) is 8.11. The molecule has 15 heavy (non-hydrogen) atoms. The van der Waals surface area contributed by atoms with Crippen LogP contribution in [0.1, 0.15) is 21.7 Å². The fourth-order valence-corrected chi connectivity index (χ4v) is 2.10. The maximum atomic E-state index is 10.9. The van der Waals surface area contributed by atoms with E-state index in [0.717, 1.165) is 22.5 Å². The summed E-state index contributed by atoms with van der Waals surface area (Å²) in [7, 11) is 1.95. The molecule has 2 aromatic heterocycles. The highest BCUT2D eigenvalue weighted by Gasteiger charge is 2.28. The molecule has 5 nitrogen and oxygen atoms in total. The van der Waals surface area contributed by atoms with Crippen molar-refractivity contribution < 1.29 is 9.90 Å². The first-order chi connectivity index (χ1) is 7.18. The Balaban J connectivity index is 2.23. The number of carboxylic acids is 1. The van der Waals surface area contributed by atoms with Gasteiger partial charge in [0.1, 0.15) is 5.69 Å². The number of aromatic nitrogens is 3. The van der Waals surface area contributed by atoms with Crippen LogP contribution in [-0.4, -0.2) is 25.8 Å². The molecular formula is C10H9N3O2. The molecule has 1 aliphatic carbocycles. The smallest absolute Gasteiger partial charge is 0.354 e. The van der Waals surface area contributed by atoms with Crippen LogP contribution in [-0.2, 0) is 13.5 Å². The van der Waals surface area contributed by atoms with Crippen molar-refractivity contribution in [3.63, 3.8) is 0 Å². The number of carboxylic acid groups (broad SMARTS) is 1. The van der Waals surface area contributed by atoms with Crippen LogP contribution >= 0.6 is 0 Å². The summed E-state index contributed by atoms with van der Waals surface area (Å²) >= 11 is 0. The van der Waals surface area contributed by atoms with Crippen molar-refractivity contribution in [2.75, 3.05) is 0 Å². The van der Waals surface area contributed by atoms with E-state index in [1.165, 1.54) is 0 Å². The van der Waals surface area contributed by atoms with Gasteiger partial charge in [0.25, 0.3) is 0 Å². The Kier molecular flexibility index (Phi) is 1.38. The quantitative estimate of drug-likeness (QED) is 0.620. The number of fused-ring (bicyclic) bond motifs is 3. The topological polar surface area (TPSA) is 70.9 Å². The maximum absolute atomic E-state index is 10.9. The first-order valence-corrected chi connectivity index (χ1v) is 4.63. The molecule has 0 spiro atoms. The third-order valence-corrected chi connectivity index (χ3v) is 2.88. The van der Waals surface area contributed by atoms with Crippen LogP contribution in [0.25, 0.3) is 11.3 Å². The first kappa shape index (κ1) is 8.28. The average Bonchev–Trinajstić information content (AvgIpc) is 2.77. The van der Waals surface area contributed by atoms with E-state index in [4.69, 9.17) is 5.11 Å². The van der Waals surface area contributed by atoms with E-state index in [1.54, 1.807) is 0 Å². The maximum Gasteiger partial charge on any atom is 0.354 e. The number of nitrogens with one attached hydrogen (secondary N) is 1. The largest absolute Gasteiger partial charge is 0.477 e. The molecule has 2 heterocycles. The van der Waals surface area contributed by atoms with Crippen LogP contribution in [0.15, 0.2) is 12.3 Å². The molecule has 0 bridgehead atoms. The molecule has 0 saturated carbocycles. The molecule has 0 aliphatic heterocycles. The van der Waals surface area contributed by atoms with Crippen LogP contribution in [0.5, 0.6) is 0 Å². The minimum absolute atomic E-state index is 0.209. The normalized spacial score (nSPS) is 12.6. The van der Waals surface area contributed by atoms with Crippen LogP contribution in [0.2, 0.25) is 0 Å². The summed E-state index contributed by atoms with van der Waals surface area (Å²) in [5.74, 6) is -0.948. The Morgan fingerprint density at radius 3 is 3.20 bits per heavy atom. The van der Waals surface area contributed by atoms with Gasteiger partial charge in [-0.05, 0) is 6.07 Å². The molecule has 3 rings (SSSR count). The van der Waals surface area contributed by atoms with Crippen molar-refractivity contribution in [2.45, 2.75) is 6.42 Å². The Labute approximate surface area is 85.3 Å². The summed E-state index contributed by atoms with van der Waals surface area (Å²) in [6, 6.07) is 1.97. The highest BCUT2D eigenvalue weighted by atomic mass is 16.4. The highest BCUT2D eigenvalue weighted by molar-refractivity contribution is 5.91. The molecule has 0 amide bonds. The lowest BCUT2D eigenvalue weighted by atomic mass is 10.2. The summed E-state index contributed by atoms with van der Waals surface area (Å²) in [6.07, 6.45) is 2.61. The van der Waals surface area contributed by atoms with Crippen LogP contribution in [0.4, 0.5) is 0 Å². The Morgan fingerprint density at radius 1 is 1.67 bits per heavy atom. The second kappa shape index (κ2) is 2.50. The summed E-state index contributed by atoms with van der Waals surface area (Å²) in [4.78, 5) is 10.9. The minimum Gasteiger partial charge on any atom is -0.477 e. The third kappa shape index (κ3) is 0.918. The van der Waals surface area contributed by atoms with Crippen molar-refractivity contribution in [3.8, 4) is 11.3 Å². The van der Waals surface area contributed by atoms with Gasteiger partial charge in [0.05, 0.1) is 5.69 Å². The number of hydrogen-bond acceptors (Lipinski definition) is 2. The molecule has 2 N–H and O–H groups in total. The second-order valence-electron chi connectivity index (χ2n) is 3.69. The summed E-state index contributed by atoms with van der Waals surface area (Å²) in [5, 5.41) is 15.6. The molecule has 0 atom stereocenters. The van der Waals surface area contributed by atoms with Crippen molar-refractivity contribution in [1.29, 1.82) is 0 Å². The fourth-order valence-electron chi connectivity index (χ4n) is 2.10. The lowest BCUT2D eigenvalue weighted by molar-refractivity contribution is 0.0689. The summed E-state index contributed by atoms with van der Waals surface area (Å²) in [5.41, 5.74) is 3.95. The lowest BCUT2D eigenvalue weighted by Gasteiger charge is -1.98. The molecular weight excluding hydrogens is 194 g/mol. The second-order valence-corrected chi connectivity index (χ2v) is 3.69. The van der Waals surface area contributed by atoms with Crippen LogP contribution < -0.4 is 0 Å². The molecule has 2 aromatic rings. The molecule has 0 unspecified atom stereocenters.